The third-order valence-electron chi connectivity index (χ3n) is 3.13. The van der Waals surface area contributed by atoms with Gasteiger partial charge in [-0.05, 0) is 42.5 Å². The Morgan fingerprint density at radius 2 is 1.79 bits per heavy atom. The molecule has 0 fully saturated rings. The van der Waals surface area contributed by atoms with Crippen LogP contribution in [0.2, 0.25) is 5.02 Å². The molecule has 0 radical (unpaired) electrons. The van der Waals surface area contributed by atoms with Crippen LogP contribution in [0.25, 0.3) is 0 Å². The highest BCUT2D eigenvalue weighted by atomic mass is 35.5. The van der Waals surface area contributed by atoms with Gasteiger partial charge in [-0.25, -0.2) is 4.98 Å². The van der Waals surface area contributed by atoms with Gasteiger partial charge in [0.1, 0.15) is 17.3 Å². The third kappa shape index (κ3) is 3.80. The number of benzene rings is 1. The second-order valence-corrected chi connectivity index (χ2v) is 5.29. The van der Waals surface area contributed by atoms with Gasteiger partial charge < -0.3 is 15.8 Å². The van der Waals surface area contributed by atoms with Gasteiger partial charge in [-0.15, -0.1) is 0 Å². The van der Waals surface area contributed by atoms with Crippen LogP contribution in [0.15, 0.2) is 61.1 Å². The zero-order chi connectivity index (χ0) is 16.9. The van der Waals surface area contributed by atoms with Gasteiger partial charge in [0, 0.05) is 23.1 Å². The zero-order valence-corrected chi connectivity index (χ0v) is 13.2. The fourth-order valence-electron chi connectivity index (χ4n) is 1.93. The second-order valence-electron chi connectivity index (χ2n) is 4.85. The van der Waals surface area contributed by atoms with Crippen molar-refractivity contribution in [2.24, 2.45) is 0 Å². The average molecular weight is 341 g/mol. The first-order valence-corrected chi connectivity index (χ1v) is 7.40. The molecule has 1 amide bonds. The van der Waals surface area contributed by atoms with Gasteiger partial charge in [0.25, 0.3) is 5.91 Å². The van der Waals surface area contributed by atoms with E-state index in [9.17, 15) is 4.79 Å². The lowest BCUT2D eigenvalue weighted by atomic mass is 10.2. The molecule has 3 rings (SSSR count). The summed E-state index contributed by atoms with van der Waals surface area (Å²) in [5, 5.41) is 3.29. The number of pyridine rings is 2. The maximum atomic E-state index is 12.1. The fraction of sp³-hybridized carbons (Fsp3) is 0. The van der Waals surface area contributed by atoms with Crippen molar-refractivity contribution in [1.29, 1.82) is 0 Å². The predicted molar refractivity (Wildman–Crippen MR) is 92.4 cm³/mol. The van der Waals surface area contributed by atoms with Crippen LogP contribution < -0.4 is 15.8 Å². The molecule has 2 heterocycles. The van der Waals surface area contributed by atoms with E-state index in [0.717, 1.165) is 0 Å². The summed E-state index contributed by atoms with van der Waals surface area (Å²) in [6, 6.07) is 11.9. The van der Waals surface area contributed by atoms with E-state index in [1.165, 1.54) is 18.6 Å². The zero-order valence-electron chi connectivity index (χ0n) is 12.4. The topological polar surface area (TPSA) is 90.1 Å². The number of aromatic nitrogens is 2. The van der Waals surface area contributed by atoms with E-state index < -0.39 is 0 Å². The number of rotatable bonds is 4. The molecule has 1 aromatic carbocycles. The van der Waals surface area contributed by atoms with Gasteiger partial charge in [0.05, 0.1) is 11.8 Å². The van der Waals surface area contributed by atoms with Crippen LogP contribution in [-0.4, -0.2) is 15.9 Å². The molecule has 0 bridgehead atoms. The summed E-state index contributed by atoms with van der Waals surface area (Å²) in [7, 11) is 0. The summed E-state index contributed by atoms with van der Waals surface area (Å²) in [5.74, 6) is 1.18. The Kier molecular flexibility index (Phi) is 4.58. The SMILES string of the molecule is Nc1ccncc1C(=O)Nc1ccc(Oc2ccc(Cl)cc2)cn1. The molecule has 120 valence electrons. The van der Waals surface area contributed by atoms with Crippen LogP contribution in [0.3, 0.4) is 0 Å². The van der Waals surface area contributed by atoms with Gasteiger partial charge in [-0.2, -0.15) is 0 Å². The number of hydrogen-bond acceptors (Lipinski definition) is 5. The summed E-state index contributed by atoms with van der Waals surface area (Å²) in [4.78, 5) is 20.2. The second kappa shape index (κ2) is 6.97. The lowest BCUT2D eigenvalue weighted by Crippen LogP contribution is -2.15. The number of ether oxygens (including phenoxy) is 1. The number of amides is 1. The van der Waals surface area contributed by atoms with E-state index in [2.05, 4.69) is 15.3 Å². The van der Waals surface area contributed by atoms with Crippen molar-refractivity contribution in [2.75, 3.05) is 11.1 Å². The Morgan fingerprint density at radius 1 is 1.04 bits per heavy atom. The molecular formula is C17H13ClN4O2. The number of halogens is 1. The minimum Gasteiger partial charge on any atom is -0.456 e. The van der Waals surface area contributed by atoms with E-state index in [1.54, 1.807) is 42.5 Å². The number of carbonyl (C=O) groups is 1. The van der Waals surface area contributed by atoms with Gasteiger partial charge in [-0.3, -0.25) is 9.78 Å². The summed E-state index contributed by atoms with van der Waals surface area (Å²) >= 11 is 5.82. The van der Waals surface area contributed by atoms with E-state index >= 15 is 0 Å². The van der Waals surface area contributed by atoms with E-state index in [4.69, 9.17) is 22.1 Å². The van der Waals surface area contributed by atoms with Gasteiger partial charge in [0.15, 0.2) is 0 Å². The summed E-state index contributed by atoms with van der Waals surface area (Å²) in [6.07, 6.45) is 4.44. The highest BCUT2D eigenvalue weighted by molar-refractivity contribution is 6.30. The average Bonchev–Trinajstić information content (AvgIpc) is 2.59. The monoisotopic (exact) mass is 340 g/mol. The molecule has 0 atom stereocenters. The number of nitrogens with zero attached hydrogens (tertiary/aromatic N) is 2. The molecule has 0 aliphatic heterocycles. The smallest absolute Gasteiger partial charge is 0.260 e. The van der Waals surface area contributed by atoms with Crippen LogP contribution in [0, 0.1) is 0 Å². The molecule has 0 saturated heterocycles. The third-order valence-corrected chi connectivity index (χ3v) is 3.38. The molecule has 0 aliphatic rings. The molecule has 3 aromatic rings. The Balaban J connectivity index is 1.67. The van der Waals surface area contributed by atoms with Gasteiger partial charge in [-0.1, -0.05) is 11.6 Å². The Morgan fingerprint density at radius 3 is 2.46 bits per heavy atom. The minimum absolute atomic E-state index is 0.292. The molecule has 7 heteroatoms. The molecule has 6 nitrogen and oxygen atoms in total. The van der Waals surface area contributed by atoms with Crippen LogP contribution in [0.1, 0.15) is 10.4 Å². The standard InChI is InChI=1S/C17H13ClN4O2/c18-11-1-3-12(4-2-11)24-13-5-6-16(21-9-13)22-17(23)14-10-20-8-7-15(14)19/h1-10H,(H2,19,20)(H,21,22,23). The molecule has 0 saturated carbocycles. The molecule has 3 N–H and O–H groups in total. The van der Waals surface area contributed by atoms with Crippen molar-refractivity contribution in [2.45, 2.75) is 0 Å². The van der Waals surface area contributed by atoms with Crippen LogP contribution >= 0.6 is 11.6 Å². The molecule has 0 aliphatic carbocycles. The lowest BCUT2D eigenvalue weighted by Gasteiger charge is -2.08. The highest BCUT2D eigenvalue weighted by Crippen LogP contribution is 2.23. The number of nitrogens with two attached hydrogens (primary N) is 1. The van der Waals surface area contributed by atoms with Crippen molar-refractivity contribution in [3.8, 4) is 11.5 Å². The van der Waals surface area contributed by atoms with Crippen molar-refractivity contribution in [3.05, 3.63) is 71.6 Å². The minimum atomic E-state index is -0.375. The maximum Gasteiger partial charge on any atom is 0.260 e. The lowest BCUT2D eigenvalue weighted by molar-refractivity contribution is 0.102. The molecule has 0 unspecified atom stereocenters. The van der Waals surface area contributed by atoms with Gasteiger partial charge in [0.2, 0.25) is 0 Å². The number of nitrogens with one attached hydrogen (secondary N) is 1. The largest absolute Gasteiger partial charge is 0.456 e. The first kappa shape index (κ1) is 15.8. The van der Waals surface area contributed by atoms with Crippen LogP contribution in [0.5, 0.6) is 11.5 Å². The molecular weight excluding hydrogens is 328 g/mol. The molecule has 2 aromatic heterocycles. The van der Waals surface area contributed by atoms with Crippen LogP contribution in [-0.2, 0) is 0 Å². The Hall–Kier alpha value is -3.12. The van der Waals surface area contributed by atoms with Gasteiger partial charge >= 0.3 is 0 Å². The van der Waals surface area contributed by atoms with Crippen molar-refractivity contribution < 1.29 is 9.53 Å². The number of hydrogen-bond donors (Lipinski definition) is 2. The van der Waals surface area contributed by atoms with E-state index in [-0.39, 0.29) is 5.91 Å². The van der Waals surface area contributed by atoms with Crippen molar-refractivity contribution >= 4 is 29.0 Å². The summed E-state index contributed by atoms with van der Waals surface area (Å²) in [5.41, 5.74) is 6.39. The number of carbonyl (C=O) groups excluding carboxylic acids is 1. The number of anilines is 2. The van der Waals surface area contributed by atoms with Crippen molar-refractivity contribution in [3.63, 3.8) is 0 Å². The predicted octanol–water partition coefficient (Wildman–Crippen LogP) is 3.76. The first-order chi connectivity index (χ1) is 11.6. The summed E-state index contributed by atoms with van der Waals surface area (Å²) < 4.78 is 5.63. The quantitative estimate of drug-likeness (QED) is 0.754. The number of nitrogen functional groups attached to an aromatic ring is 1. The Bertz CT molecular complexity index is 851. The molecule has 24 heavy (non-hydrogen) atoms. The highest BCUT2D eigenvalue weighted by Gasteiger charge is 2.10. The molecule has 0 spiro atoms. The fourth-order valence-corrected chi connectivity index (χ4v) is 2.06. The van der Waals surface area contributed by atoms with E-state index in [1.807, 2.05) is 0 Å². The normalized spacial score (nSPS) is 10.2. The Labute approximate surface area is 143 Å². The van der Waals surface area contributed by atoms with Crippen molar-refractivity contribution in [1.82, 2.24) is 9.97 Å². The summed E-state index contributed by atoms with van der Waals surface area (Å²) in [6.45, 7) is 0. The first-order valence-electron chi connectivity index (χ1n) is 7.02. The van der Waals surface area contributed by atoms with Crippen LogP contribution in [0.4, 0.5) is 11.5 Å². The maximum absolute atomic E-state index is 12.1. The van der Waals surface area contributed by atoms with E-state index in [0.29, 0.717) is 33.6 Å².